The minimum atomic E-state index is -0.135. The van der Waals surface area contributed by atoms with Crippen LogP contribution < -0.4 is 10.1 Å². The van der Waals surface area contributed by atoms with Gasteiger partial charge in [-0.2, -0.15) is 5.10 Å². The van der Waals surface area contributed by atoms with Gasteiger partial charge in [0.05, 0.1) is 11.0 Å². The summed E-state index contributed by atoms with van der Waals surface area (Å²) in [5, 5.41) is 7.63. The van der Waals surface area contributed by atoms with Crippen LogP contribution in [-0.4, -0.2) is 33.5 Å². The summed E-state index contributed by atoms with van der Waals surface area (Å²) in [5.74, 6) is 0.620. The van der Waals surface area contributed by atoms with E-state index in [1.807, 2.05) is 29.1 Å². The first-order chi connectivity index (χ1) is 9.57. The van der Waals surface area contributed by atoms with E-state index in [0.717, 1.165) is 17.6 Å². The van der Waals surface area contributed by atoms with Crippen LogP contribution in [0.1, 0.15) is 13.8 Å². The molecule has 0 spiro atoms. The van der Waals surface area contributed by atoms with Gasteiger partial charge < -0.3 is 10.1 Å². The molecule has 108 valence electrons. The Labute approximate surface area is 127 Å². The van der Waals surface area contributed by atoms with Crippen LogP contribution in [0.15, 0.2) is 41.3 Å². The molecule has 0 amide bonds. The highest BCUT2D eigenvalue weighted by atomic mass is 79.9. The number of hydrogen-bond donors (Lipinski definition) is 1. The summed E-state index contributed by atoms with van der Waals surface area (Å²) in [6.45, 7) is 6.42. The van der Waals surface area contributed by atoms with E-state index < -0.39 is 0 Å². The lowest BCUT2D eigenvalue weighted by Crippen LogP contribution is -2.46. The van der Waals surface area contributed by atoms with E-state index in [9.17, 15) is 0 Å². The maximum atomic E-state index is 5.75. The molecule has 0 atom stereocenters. The second-order valence-electron chi connectivity index (χ2n) is 5.16. The maximum Gasteiger partial charge on any atom is 0.227 e. The average Bonchev–Trinajstić information content (AvgIpc) is 2.91. The van der Waals surface area contributed by atoms with Crippen LogP contribution >= 0.6 is 15.9 Å². The van der Waals surface area contributed by atoms with Gasteiger partial charge in [-0.05, 0) is 48.0 Å². The maximum absolute atomic E-state index is 5.75. The highest BCUT2D eigenvalue weighted by Gasteiger charge is 2.18. The van der Waals surface area contributed by atoms with E-state index in [2.05, 4.69) is 45.2 Å². The van der Waals surface area contributed by atoms with Crippen molar-refractivity contribution < 1.29 is 4.74 Å². The fraction of sp³-hybridized carbons (Fsp3) is 0.429. The molecule has 2 rings (SSSR count). The second-order valence-corrected chi connectivity index (χ2v) is 6.01. The van der Waals surface area contributed by atoms with Crippen molar-refractivity contribution in [3.8, 4) is 5.88 Å². The highest BCUT2D eigenvalue weighted by Crippen LogP contribution is 2.21. The molecule has 0 unspecified atom stereocenters. The molecule has 0 aliphatic rings. The number of nitrogens with one attached hydrogen (secondary N) is 1. The van der Waals surface area contributed by atoms with Gasteiger partial charge >= 0.3 is 0 Å². The minimum Gasteiger partial charge on any atom is -0.475 e. The molecule has 0 saturated carbocycles. The van der Waals surface area contributed by atoms with Crippen molar-refractivity contribution in [2.75, 3.05) is 13.2 Å². The first-order valence-electron chi connectivity index (χ1n) is 6.53. The molecular formula is C14H19BrN4O. The van der Waals surface area contributed by atoms with Crippen LogP contribution in [0.25, 0.3) is 0 Å². The summed E-state index contributed by atoms with van der Waals surface area (Å²) in [7, 11) is 0. The number of halogens is 1. The first-order valence-corrected chi connectivity index (χ1v) is 7.32. The monoisotopic (exact) mass is 338 g/mol. The third-order valence-corrected chi connectivity index (χ3v) is 3.40. The third-order valence-electron chi connectivity index (χ3n) is 2.80. The molecule has 6 heteroatoms. The standard InChI is InChI=1S/C14H19BrN4O/c1-14(2,17-8-10-19-9-4-7-18-19)11-20-13-12(15)5-3-6-16-13/h3-7,9,17H,8,10-11H2,1-2H3. The molecule has 0 radical (unpaired) electrons. The topological polar surface area (TPSA) is 52.0 Å². The summed E-state index contributed by atoms with van der Waals surface area (Å²) in [6, 6.07) is 5.71. The van der Waals surface area contributed by atoms with Gasteiger partial charge in [-0.1, -0.05) is 0 Å². The zero-order chi connectivity index (χ0) is 14.4. The SMILES string of the molecule is CC(C)(COc1ncccc1Br)NCCn1cccn1. The molecule has 0 aliphatic carbocycles. The fourth-order valence-corrected chi connectivity index (χ4v) is 2.09. The average molecular weight is 339 g/mol. The molecule has 2 aromatic heterocycles. The molecule has 0 aliphatic heterocycles. The number of pyridine rings is 1. The van der Waals surface area contributed by atoms with Gasteiger partial charge in [0, 0.05) is 30.7 Å². The molecule has 20 heavy (non-hydrogen) atoms. The molecule has 2 heterocycles. The van der Waals surface area contributed by atoms with Gasteiger partial charge in [-0.25, -0.2) is 4.98 Å². The van der Waals surface area contributed by atoms with Gasteiger partial charge in [0.15, 0.2) is 0 Å². The van der Waals surface area contributed by atoms with Gasteiger partial charge in [0.25, 0.3) is 0 Å². The largest absolute Gasteiger partial charge is 0.475 e. The molecule has 0 bridgehead atoms. The third kappa shape index (κ3) is 4.61. The number of aromatic nitrogens is 3. The lowest BCUT2D eigenvalue weighted by Gasteiger charge is -2.26. The van der Waals surface area contributed by atoms with Crippen molar-refractivity contribution in [1.29, 1.82) is 0 Å². The predicted octanol–water partition coefficient (Wildman–Crippen LogP) is 2.49. The fourth-order valence-electron chi connectivity index (χ4n) is 1.72. The molecular weight excluding hydrogens is 320 g/mol. The van der Waals surface area contributed by atoms with Crippen molar-refractivity contribution in [2.24, 2.45) is 0 Å². The van der Waals surface area contributed by atoms with Crippen molar-refractivity contribution >= 4 is 15.9 Å². The van der Waals surface area contributed by atoms with Crippen molar-refractivity contribution in [3.05, 3.63) is 41.3 Å². The van der Waals surface area contributed by atoms with Crippen LogP contribution in [0.3, 0.4) is 0 Å². The van der Waals surface area contributed by atoms with E-state index in [4.69, 9.17) is 4.74 Å². The van der Waals surface area contributed by atoms with E-state index in [1.165, 1.54) is 0 Å². The molecule has 0 fully saturated rings. The Hall–Kier alpha value is -1.40. The second kappa shape index (κ2) is 6.85. The quantitative estimate of drug-likeness (QED) is 0.842. The zero-order valence-corrected chi connectivity index (χ0v) is 13.3. The number of ether oxygens (including phenoxy) is 1. The molecule has 0 aromatic carbocycles. The normalized spacial score (nSPS) is 11.6. The van der Waals surface area contributed by atoms with E-state index >= 15 is 0 Å². The summed E-state index contributed by atoms with van der Waals surface area (Å²) >= 11 is 3.42. The molecule has 5 nitrogen and oxygen atoms in total. The predicted molar refractivity (Wildman–Crippen MR) is 81.7 cm³/mol. The Morgan fingerprint density at radius 3 is 2.90 bits per heavy atom. The lowest BCUT2D eigenvalue weighted by atomic mass is 10.1. The molecule has 2 aromatic rings. The van der Waals surface area contributed by atoms with Gasteiger partial charge in [-0.3, -0.25) is 4.68 Å². The van der Waals surface area contributed by atoms with Crippen molar-refractivity contribution in [3.63, 3.8) is 0 Å². The Morgan fingerprint density at radius 2 is 2.20 bits per heavy atom. The first kappa shape index (κ1) is 15.0. The van der Waals surface area contributed by atoms with Crippen LogP contribution in [0.4, 0.5) is 0 Å². The number of nitrogens with zero attached hydrogens (tertiary/aromatic N) is 3. The lowest BCUT2D eigenvalue weighted by molar-refractivity contribution is 0.199. The summed E-state index contributed by atoms with van der Waals surface area (Å²) < 4.78 is 8.52. The Morgan fingerprint density at radius 1 is 1.35 bits per heavy atom. The van der Waals surface area contributed by atoms with Crippen LogP contribution in [0.2, 0.25) is 0 Å². The van der Waals surface area contributed by atoms with E-state index in [0.29, 0.717) is 12.5 Å². The Kier molecular flexibility index (Phi) is 5.14. The number of hydrogen-bond acceptors (Lipinski definition) is 4. The smallest absolute Gasteiger partial charge is 0.227 e. The summed E-state index contributed by atoms with van der Waals surface area (Å²) in [6.07, 6.45) is 5.46. The number of rotatable bonds is 7. The summed E-state index contributed by atoms with van der Waals surface area (Å²) in [5.41, 5.74) is -0.135. The Balaban J connectivity index is 1.77. The van der Waals surface area contributed by atoms with Crippen LogP contribution in [0.5, 0.6) is 5.88 Å². The van der Waals surface area contributed by atoms with Crippen molar-refractivity contribution in [2.45, 2.75) is 25.9 Å². The molecule has 1 N–H and O–H groups in total. The zero-order valence-electron chi connectivity index (χ0n) is 11.7. The van der Waals surface area contributed by atoms with Gasteiger partial charge in [-0.15, -0.1) is 0 Å². The molecule has 0 saturated heterocycles. The van der Waals surface area contributed by atoms with Gasteiger partial charge in [0.1, 0.15) is 6.61 Å². The van der Waals surface area contributed by atoms with Crippen molar-refractivity contribution in [1.82, 2.24) is 20.1 Å². The Bertz CT molecular complexity index is 528. The van der Waals surface area contributed by atoms with Crippen LogP contribution in [0, 0.1) is 0 Å². The minimum absolute atomic E-state index is 0.135. The highest BCUT2D eigenvalue weighted by molar-refractivity contribution is 9.10. The van der Waals surface area contributed by atoms with Crippen LogP contribution in [-0.2, 0) is 6.54 Å². The van der Waals surface area contributed by atoms with Gasteiger partial charge in [0.2, 0.25) is 5.88 Å². The van der Waals surface area contributed by atoms with E-state index in [1.54, 1.807) is 12.4 Å². The summed E-state index contributed by atoms with van der Waals surface area (Å²) in [4.78, 5) is 4.19. The van der Waals surface area contributed by atoms with E-state index in [-0.39, 0.29) is 5.54 Å².